The van der Waals surface area contributed by atoms with Crippen molar-refractivity contribution in [2.24, 2.45) is 0 Å². The van der Waals surface area contributed by atoms with Crippen LogP contribution < -0.4 is 10.6 Å². The SMILES string of the molecule is CN(CC(=O)Nc1ccccc1F)S(=O)(=O)c1ccc2c(c1)CCC(=O)N2. The average molecular weight is 391 g/mol. The maximum absolute atomic E-state index is 13.6. The van der Waals surface area contributed by atoms with Crippen LogP contribution in [-0.4, -0.2) is 38.1 Å². The second kappa shape index (κ2) is 7.45. The topological polar surface area (TPSA) is 95.6 Å². The Morgan fingerprint density at radius 2 is 1.96 bits per heavy atom. The minimum Gasteiger partial charge on any atom is -0.326 e. The Morgan fingerprint density at radius 1 is 1.22 bits per heavy atom. The minimum atomic E-state index is -3.92. The summed E-state index contributed by atoms with van der Waals surface area (Å²) < 4.78 is 39.9. The summed E-state index contributed by atoms with van der Waals surface area (Å²) in [5, 5.41) is 5.04. The number of likely N-dealkylation sites (N-methyl/N-ethyl adjacent to an activating group) is 1. The quantitative estimate of drug-likeness (QED) is 0.815. The van der Waals surface area contributed by atoms with Gasteiger partial charge in [-0.15, -0.1) is 0 Å². The van der Waals surface area contributed by atoms with Crippen molar-refractivity contribution in [2.75, 3.05) is 24.2 Å². The van der Waals surface area contributed by atoms with E-state index < -0.39 is 28.3 Å². The Labute approximate surface area is 156 Å². The first-order chi connectivity index (χ1) is 12.8. The highest BCUT2D eigenvalue weighted by Crippen LogP contribution is 2.26. The largest absolute Gasteiger partial charge is 0.326 e. The molecule has 0 spiro atoms. The molecule has 1 aliphatic rings. The molecule has 0 saturated heterocycles. The van der Waals surface area contributed by atoms with Gasteiger partial charge in [-0.1, -0.05) is 12.1 Å². The molecule has 0 radical (unpaired) electrons. The van der Waals surface area contributed by atoms with Crippen LogP contribution in [0.1, 0.15) is 12.0 Å². The van der Waals surface area contributed by atoms with Crippen molar-refractivity contribution < 1.29 is 22.4 Å². The molecule has 1 heterocycles. The van der Waals surface area contributed by atoms with Crippen LogP contribution in [0.4, 0.5) is 15.8 Å². The predicted molar refractivity (Wildman–Crippen MR) is 98.2 cm³/mol. The van der Waals surface area contributed by atoms with E-state index in [0.717, 1.165) is 9.87 Å². The summed E-state index contributed by atoms with van der Waals surface area (Å²) in [4.78, 5) is 23.5. The number of carbonyl (C=O) groups excluding carboxylic acids is 2. The highest BCUT2D eigenvalue weighted by atomic mass is 32.2. The number of carbonyl (C=O) groups is 2. The molecule has 142 valence electrons. The normalized spacial score (nSPS) is 13.8. The number of anilines is 2. The zero-order valence-corrected chi connectivity index (χ0v) is 15.3. The predicted octanol–water partition coefficient (Wildman–Crippen LogP) is 1.97. The summed E-state index contributed by atoms with van der Waals surface area (Å²) in [7, 11) is -2.64. The number of hydrogen-bond donors (Lipinski definition) is 2. The van der Waals surface area contributed by atoms with Gasteiger partial charge in [0.2, 0.25) is 21.8 Å². The van der Waals surface area contributed by atoms with E-state index in [4.69, 9.17) is 0 Å². The third-order valence-electron chi connectivity index (χ3n) is 4.19. The first-order valence-electron chi connectivity index (χ1n) is 8.21. The van der Waals surface area contributed by atoms with E-state index in [1.807, 2.05) is 0 Å². The number of aryl methyl sites for hydroxylation is 1. The number of sulfonamides is 1. The van der Waals surface area contributed by atoms with E-state index in [2.05, 4.69) is 10.6 Å². The number of fused-ring (bicyclic) bond motifs is 1. The first-order valence-corrected chi connectivity index (χ1v) is 9.65. The summed E-state index contributed by atoms with van der Waals surface area (Å²) in [5.74, 6) is -1.37. The van der Waals surface area contributed by atoms with Gasteiger partial charge in [-0.05, 0) is 42.3 Å². The number of nitrogens with one attached hydrogen (secondary N) is 2. The molecule has 0 unspecified atom stereocenters. The van der Waals surface area contributed by atoms with Crippen LogP contribution >= 0.6 is 0 Å². The van der Waals surface area contributed by atoms with Gasteiger partial charge in [0.15, 0.2) is 0 Å². The average Bonchev–Trinajstić information content (AvgIpc) is 2.63. The lowest BCUT2D eigenvalue weighted by Crippen LogP contribution is -2.35. The van der Waals surface area contributed by atoms with Crippen LogP contribution in [0, 0.1) is 5.82 Å². The van der Waals surface area contributed by atoms with Gasteiger partial charge in [-0.2, -0.15) is 4.31 Å². The van der Waals surface area contributed by atoms with Crippen molar-refractivity contribution in [3.8, 4) is 0 Å². The lowest BCUT2D eigenvalue weighted by atomic mass is 10.0. The number of para-hydroxylation sites is 1. The van der Waals surface area contributed by atoms with Gasteiger partial charge < -0.3 is 10.6 Å². The van der Waals surface area contributed by atoms with Crippen LogP contribution in [-0.2, 0) is 26.0 Å². The van der Waals surface area contributed by atoms with Crippen molar-refractivity contribution in [1.82, 2.24) is 4.31 Å². The van der Waals surface area contributed by atoms with Crippen LogP contribution in [0.2, 0.25) is 0 Å². The maximum atomic E-state index is 13.6. The van der Waals surface area contributed by atoms with E-state index in [0.29, 0.717) is 12.1 Å². The monoisotopic (exact) mass is 391 g/mol. The van der Waals surface area contributed by atoms with Crippen molar-refractivity contribution in [3.05, 3.63) is 53.8 Å². The summed E-state index contributed by atoms with van der Waals surface area (Å²) >= 11 is 0. The van der Waals surface area contributed by atoms with Crippen molar-refractivity contribution in [3.63, 3.8) is 0 Å². The maximum Gasteiger partial charge on any atom is 0.243 e. The highest BCUT2D eigenvalue weighted by Gasteiger charge is 2.25. The fraction of sp³-hybridized carbons (Fsp3) is 0.222. The molecular formula is C18H18FN3O4S. The molecular weight excluding hydrogens is 373 g/mol. The van der Waals surface area contributed by atoms with Crippen molar-refractivity contribution in [2.45, 2.75) is 17.7 Å². The molecule has 1 aliphatic heterocycles. The van der Waals surface area contributed by atoms with Gasteiger partial charge in [0, 0.05) is 19.2 Å². The third kappa shape index (κ3) is 4.15. The number of halogens is 1. The molecule has 2 N–H and O–H groups in total. The second-order valence-electron chi connectivity index (χ2n) is 6.16. The molecule has 0 aliphatic carbocycles. The Kier molecular flexibility index (Phi) is 5.24. The van der Waals surface area contributed by atoms with Gasteiger partial charge in [0.25, 0.3) is 0 Å². The zero-order chi connectivity index (χ0) is 19.6. The molecule has 7 nitrogen and oxygen atoms in total. The Morgan fingerprint density at radius 3 is 2.70 bits per heavy atom. The van der Waals surface area contributed by atoms with Crippen LogP contribution in [0.5, 0.6) is 0 Å². The van der Waals surface area contributed by atoms with Crippen LogP contribution in [0.3, 0.4) is 0 Å². The van der Waals surface area contributed by atoms with Gasteiger partial charge in [0.1, 0.15) is 5.82 Å². The minimum absolute atomic E-state index is 0.0159. The lowest BCUT2D eigenvalue weighted by molar-refractivity contribution is -0.117. The van der Waals surface area contributed by atoms with Gasteiger partial charge in [-0.25, -0.2) is 12.8 Å². The van der Waals surface area contributed by atoms with Gasteiger partial charge in [0.05, 0.1) is 17.1 Å². The highest BCUT2D eigenvalue weighted by molar-refractivity contribution is 7.89. The third-order valence-corrected chi connectivity index (χ3v) is 5.99. The number of amides is 2. The second-order valence-corrected chi connectivity index (χ2v) is 8.20. The van der Waals surface area contributed by atoms with Crippen LogP contribution in [0.25, 0.3) is 0 Å². The van der Waals surface area contributed by atoms with Gasteiger partial charge >= 0.3 is 0 Å². The molecule has 27 heavy (non-hydrogen) atoms. The number of nitrogens with zero attached hydrogens (tertiary/aromatic N) is 1. The Balaban J connectivity index is 1.74. The fourth-order valence-corrected chi connectivity index (χ4v) is 3.92. The molecule has 9 heteroatoms. The first kappa shape index (κ1) is 19.0. The molecule has 0 saturated carbocycles. The summed E-state index contributed by atoms with van der Waals surface area (Å²) in [6.45, 7) is -0.468. The summed E-state index contributed by atoms with van der Waals surface area (Å²) in [6.07, 6.45) is 0.736. The fourth-order valence-electron chi connectivity index (χ4n) is 2.74. The van der Waals surface area contributed by atoms with E-state index in [1.54, 1.807) is 6.07 Å². The molecule has 3 rings (SSSR count). The van der Waals surface area contributed by atoms with Crippen molar-refractivity contribution in [1.29, 1.82) is 0 Å². The van der Waals surface area contributed by atoms with Crippen LogP contribution in [0.15, 0.2) is 47.4 Å². The molecule has 2 aromatic carbocycles. The molecule has 2 amide bonds. The number of rotatable bonds is 5. The number of hydrogen-bond acceptors (Lipinski definition) is 4. The standard InChI is InChI=1S/C18H18FN3O4S/c1-22(11-18(24)21-16-5-3-2-4-14(16)19)27(25,26)13-7-8-15-12(10-13)6-9-17(23)20-15/h2-5,7-8,10H,6,9,11H2,1H3,(H,20,23)(H,21,24). The molecule has 2 aromatic rings. The summed E-state index contributed by atoms with van der Waals surface area (Å²) in [6, 6.07) is 10.0. The van der Waals surface area contributed by atoms with E-state index in [1.165, 1.54) is 43.4 Å². The Hall–Kier alpha value is -2.78. The van der Waals surface area contributed by atoms with Gasteiger partial charge in [-0.3, -0.25) is 9.59 Å². The molecule has 0 aromatic heterocycles. The lowest BCUT2D eigenvalue weighted by Gasteiger charge is -2.20. The van der Waals surface area contributed by atoms with E-state index in [-0.39, 0.29) is 22.9 Å². The molecule has 0 atom stereocenters. The Bertz CT molecular complexity index is 1010. The summed E-state index contributed by atoms with van der Waals surface area (Å²) in [5.41, 5.74) is 1.29. The molecule has 0 bridgehead atoms. The van der Waals surface area contributed by atoms with Crippen molar-refractivity contribution >= 4 is 33.2 Å². The van der Waals surface area contributed by atoms with E-state index >= 15 is 0 Å². The van der Waals surface area contributed by atoms with E-state index in [9.17, 15) is 22.4 Å². The molecule has 0 fully saturated rings. The smallest absolute Gasteiger partial charge is 0.243 e. The number of benzene rings is 2. The zero-order valence-electron chi connectivity index (χ0n) is 14.5.